The van der Waals surface area contributed by atoms with E-state index in [1.165, 1.54) is 11.9 Å². The molecule has 1 aliphatic heterocycles. The summed E-state index contributed by atoms with van der Waals surface area (Å²) in [6.07, 6.45) is 0. The first-order valence-corrected chi connectivity index (χ1v) is 6.59. The highest BCUT2D eigenvalue weighted by Crippen LogP contribution is 2.12. The van der Waals surface area contributed by atoms with Crippen molar-refractivity contribution in [1.82, 2.24) is 15.1 Å². The number of hydrogen-bond acceptors (Lipinski definition) is 4. The van der Waals surface area contributed by atoms with Crippen LogP contribution in [-0.4, -0.2) is 53.7 Å². The molecule has 0 aromatic heterocycles. The fourth-order valence-electron chi connectivity index (χ4n) is 2.14. The maximum Gasteiger partial charge on any atom is 0.327 e. The number of primary amides is 1. The Morgan fingerprint density at radius 2 is 1.91 bits per heavy atom. The standard InChI is InChI=1S/C14H16N4O4/c1-17-8-11(20)18(14(17)22)7-10(19)16-12(13(15)21)9-5-3-2-4-6-9/h2-6,12H,7-8H2,1H3,(H2,15,21)(H,16,19)/t12-/m1/s1. The van der Waals surface area contributed by atoms with Crippen molar-refractivity contribution in [1.29, 1.82) is 0 Å². The second-order valence-corrected chi connectivity index (χ2v) is 4.93. The van der Waals surface area contributed by atoms with Crippen molar-refractivity contribution in [3.63, 3.8) is 0 Å². The zero-order valence-electron chi connectivity index (χ0n) is 12.0. The number of hydrogen-bond donors (Lipinski definition) is 2. The van der Waals surface area contributed by atoms with Gasteiger partial charge in [0.1, 0.15) is 19.1 Å². The van der Waals surface area contributed by atoms with Gasteiger partial charge in [-0.1, -0.05) is 30.3 Å². The van der Waals surface area contributed by atoms with Crippen LogP contribution in [0.1, 0.15) is 11.6 Å². The third-order valence-corrected chi connectivity index (χ3v) is 3.26. The SMILES string of the molecule is CN1CC(=O)N(CC(=O)N[C@@H](C(N)=O)c2ccccc2)C1=O. The number of carbonyl (C=O) groups is 4. The van der Waals surface area contributed by atoms with Crippen molar-refractivity contribution in [2.75, 3.05) is 20.1 Å². The number of nitrogens with zero attached hydrogens (tertiary/aromatic N) is 2. The first-order chi connectivity index (χ1) is 10.4. The van der Waals surface area contributed by atoms with Gasteiger partial charge in [-0.25, -0.2) is 4.79 Å². The summed E-state index contributed by atoms with van der Waals surface area (Å²) < 4.78 is 0. The summed E-state index contributed by atoms with van der Waals surface area (Å²) in [7, 11) is 1.47. The first-order valence-electron chi connectivity index (χ1n) is 6.59. The lowest BCUT2D eigenvalue weighted by atomic mass is 10.1. The Morgan fingerprint density at radius 3 is 2.41 bits per heavy atom. The van der Waals surface area contributed by atoms with Crippen molar-refractivity contribution in [2.45, 2.75) is 6.04 Å². The molecular weight excluding hydrogens is 288 g/mol. The smallest absolute Gasteiger partial charge is 0.327 e. The van der Waals surface area contributed by atoms with E-state index in [2.05, 4.69) is 5.32 Å². The first kappa shape index (κ1) is 15.5. The Bertz CT molecular complexity index is 617. The van der Waals surface area contributed by atoms with Crippen LogP contribution in [-0.2, 0) is 14.4 Å². The number of nitrogens with two attached hydrogens (primary N) is 1. The van der Waals surface area contributed by atoms with E-state index in [1.807, 2.05) is 0 Å². The molecule has 1 aliphatic rings. The molecule has 0 unspecified atom stereocenters. The summed E-state index contributed by atoms with van der Waals surface area (Å²) in [5, 5.41) is 2.44. The van der Waals surface area contributed by atoms with E-state index >= 15 is 0 Å². The average Bonchev–Trinajstić information content (AvgIpc) is 2.72. The topological polar surface area (TPSA) is 113 Å². The highest BCUT2D eigenvalue weighted by molar-refractivity contribution is 6.04. The highest BCUT2D eigenvalue weighted by atomic mass is 16.2. The van der Waals surface area contributed by atoms with Gasteiger partial charge in [0.15, 0.2) is 0 Å². The van der Waals surface area contributed by atoms with E-state index in [1.54, 1.807) is 30.3 Å². The average molecular weight is 304 g/mol. The largest absolute Gasteiger partial charge is 0.368 e. The molecule has 1 saturated heterocycles. The third-order valence-electron chi connectivity index (χ3n) is 3.26. The summed E-state index contributed by atoms with van der Waals surface area (Å²) in [5.41, 5.74) is 5.82. The molecular formula is C14H16N4O4. The minimum atomic E-state index is -1.01. The van der Waals surface area contributed by atoms with Crippen LogP contribution in [0.2, 0.25) is 0 Å². The van der Waals surface area contributed by atoms with Crippen LogP contribution >= 0.6 is 0 Å². The zero-order valence-corrected chi connectivity index (χ0v) is 12.0. The maximum atomic E-state index is 12.0. The number of imide groups is 1. The minimum Gasteiger partial charge on any atom is -0.368 e. The monoisotopic (exact) mass is 304 g/mol. The molecule has 1 aromatic carbocycles. The van der Waals surface area contributed by atoms with E-state index in [4.69, 9.17) is 5.73 Å². The normalized spacial score (nSPS) is 15.9. The van der Waals surface area contributed by atoms with Crippen LogP contribution < -0.4 is 11.1 Å². The Hall–Kier alpha value is -2.90. The molecule has 8 heteroatoms. The molecule has 1 aromatic rings. The van der Waals surface area contributed by atoms with Crippen molar-refractivity contribution < 1.29 is 19.2 Å². The van der Waals surface area contributed by atoms with Gasteiger partial charge >= 0.3 is 6.03 Å². The molecule has 0 aliphatic carbocycles. The number of amides is 5. The number of nitrogens with one attached hydrogen (secondary N) is 1. The van der Waals surface area contributed by atoms with E-state index in [0.717, 1.165) is 4.90 Å². The van der Waals surface area contributed by atoms with Crippen molar-refractivity contribution >= 4 is 23.8 Å². The van der Waals surface area contributed by atoms with Crippen LogP contribution in [0, 0.1) is 0 Å². The molecule has 1 heterocycles. The van der Waals surface area contributed by atoms with Gasteiger partial charge in [0.05, 0.1) is 0 Å². The van der Waals surface area contributed by atoms with Crippen molar-refractivity contribution in [3.05, 3.63) is 35.9 Å². The summed E-state index contributed by atoms with van der Waals surface area (Å²) in [6, 6.07) is 6.92. The Balaban J connectivity index is 2.05. The van der Waals surface area contributed by atoms with Crippen LogP contribution in [0.15, 0.2) is 30.3 Å². The molecule has 3 N–H and O–H groups in total. The van der Waals surface area contributed by atoms with Gasteiger partial charge in [-0.05, 0) is 5.56 Å². The van der Waals surface area contributed by atoms with E-state index in [9.17, 15) is 19.2 Å². The van der Waals surface area contributed by atoms with Gasteiger partial charge in [0.2, 0.25) is 11.8 Å². The van der Waals surface area contributed by atoms with Crippen molar-refractivity contribution in [3.8, 4) is 0 Å². The lowest BCUT2D eigenvalue weighted by Gasteiger charge is -2.18. The predicted octanol–water partition coefficient (Wildman–Crippen LogP) is -0.777. The fourth-order valence-corrected chi connectivity index (χ4v) is 2.14. The summed E-state index contributed by atoms with van der Waals surface area (Å²) in [6.45, 7) is -0.511. The van der Waals surface area contributed by atoms with Gasteiger partial charge in [-0.2, -0.15) is 0 Å². The van der Waals surface area contributed by atoms with Crippen molar-refractivity contribution in [2.24, 2.45) is 5.73 Å². The quantitative estimate of drug-likeness (QED) is 0.695. The second-order valence-electron chi connectivity index (χ2n) is 4.93. The number of urea groups is 1. The molecule has 22 heavy (non-hydrogen) atoms. The van der Waals surface area contributed by atoms with Crippen LogP contribution in [0.3, 0.4) is 0 Å². The summed E-state index contributed by atoms with van der Waals surface area (Å²) in [5.74, 6) is -1.82. The van der Waals surface area contributed by atoms with Gasteiger partial charge in [-0.3, -0.25) is 19.3 Å². The lowest BCUT2D eigenvalue weighted by Crippen LogP contribution is -2.44. The fraction of sp³-hybridized carbons (Fsp3) is 0.286. The molecule has 8 nitrogen and oxygen atoms in total. The van der Waals surface area contributed by atoms with Gasteiger partial charge in [0.25, 0.3) is 5.91 Å². The molecule has 0 spiro atoms. The summed E-state index contributed by atoms with van der Waals surface area (Å²) >= 11 is 0. The highest BCUT2D eigenvalue weighted by Gasteiger charge is 2.35. The maximum absolute atomic E-state index is 12.0. The number of benzene rings is 1. The molecule has 0 radical (unpaired) electrons. The Labute approximate surface area is 126 Å². The number of carbonyl (C=O) groups excluding carboxylic acids is 4. The molecule has 0 saturated carbocycles. The van der Waals surface area contributed by atoms with E-state index in [0.29, 0.717) is 5.56 Å². The predicted molar refractivity (Wildman–Crippen MR) is 76.3 cm³/mol. The van der Waals surface area contributed by atoms with Crippen LogP contribution in [0.4, 0.5) is 4.79 Å². The molecule has 2 rings (SSSR count). The molecule has 5 amide bonds. The van der Waals surface area contributed by atoms with Crippen LogP contribution in [0.25, 0.3) is 0 Å². The second kappa shape index (κ2) is 6.25. The van der Waals surface area contributed by atoms with Gasteiger partial charge < -0.3 is 16.0 Å². The molecule has 1 fully saturated rings. The molecule has 0 bridgehead atoms. The molecule has 116 valence electrons. The lowest BCUT2D eigenvalue weighted by molar-refractivity contribution is -0.132. The van der Waals surface area contributed by atoms with E-state index in [-0.39, 0.29) is 6.54 Å². The number of rotatable bonds is 5. The number of likely N-dealkylation sites (N-methyl/N-ethyl adjacent to an activating group) is 1. The summed E-state index contributed by atoms with van der Waals surface area (Å²) in [4.78, 5) is 48.9. The van der Waals surface area contributed by atoms with Gasteiger partial charge in [-0.15, -0.1) is 0 Å². The Morgan fingerprint density at radius 1 is 1.27 bits per heavy atom. The van der Waals surface area contributed by atoms with Crippen LogP contribution in [0.5, 0.6) is 0 Å². The minimum absolute atomic E-state index is 0.0654. The Kier molecular flexibility index (Phi) is 4.40. The van der Waals surface area contributed by atoms with E-state index < -0.39 is 36.3 Å². The zero-order chi connectivity index (χ0) is 16.3. The molecule has 1 atom stereocenters. The van der Waals surface area contributed by atoms with Gasteiger partial charge in [0, 0.05) is 7.05 Å². The third kappa shape index (κ3) is 3.22.